The zero-order valence-corrected chi connectivity index (χ0v) is 22.0. The SMILES string of the molecule is CCC(CCN(C)CC)c1cccc(NC(=O)C2CC2)c1.CCCCCSc1ccccc1. The first kappa shape index (κ1) is 27.5. The Bertz CT molecular complexity index is 791. The van der Waals surface area contributed by atoms with E-state index in [1.165, 1.54) is 41.9 Å². The number of carbonyl (C=O) groups excluding carboxylic acids is 1. The topological polar surface area (TPSA) is 32.3 Å². The third-order valence-corrected chi connectivity index (χ3v) is 7.32. The van der Waals surface area contributed by atoms with Gasteiger partial charge in [0.2, 0.25) is 5.91 Å². The molecule has 3 rings (SSSR count). The summed E-state index contributed by atoms with van der Waals surface area (Å²) in [4.78, 5) is 15.6. The molecule has 2 aromatic carbocycles. The zero-order chi connectivity index (χ0) is 23.9. The van der Waals surface area contributed by atoms with Crippen molar-refractivity contribution in [3.8, 4) is 0 Å². The van der Waals surface area contributed by atoms with Gasteiger partial charge in [-0.25, -0.2) is 0 Å². The van der Waals surface area contributed by atoms with Crippen LogP contribution in [0.15, 0.2) is 59.5 Å². The molecule has 1 aliphatic rings. The monoisotopic (exact) mass is 468 g/mol. The van der Waals surface area contributed by atoms with Crippen LogP contribution in [0, 0.1) is 5.92 Å². The van der Waals surface area contributed by atoms with Gasteiger partial charge in [0.25, 0.3) is 0 Å². The molecule has 0 bridgehead atoms. The Morgan fingerprint density at radius 3 is 2.45 bits per heavy atom. The van der Waals surface area contributed by atoms with Crippen molar-refractivity contribution in [2.24, 2.45) is 5.92 Å². The predicted octanol–water partition coefficient (Wildman–Crippen LogP) is 7.84. The van der Waals surface area contributed by atoms with Crippen LogP contribution in [-0.2, 0) is 4.79 Å². The van der Waals surface area contributed by atoms with E-state index in [-0.39, 0.29) is 11.8 Å². The largest absolute Gasteiger partial charge is 0.326 e. The van der Waals surface area contributed by atoms with E-state index < -0.39 is 0 Å². The minimum atomic E-state index is 0.186. The van der Waals surface area contributed by atoms with Crippen LogP contribution in [0.5, 0.6) is 0 Å². The van der Waals surface area contributed by atoms with Crippen LogP contribution in [0.4, 0.5) is 5.69 Å². The summed E-state index contributed by atoms with van der Waals surface area (Å²) in [5.74, 6) is 2.27. The van der Waals surface area contributed by atoms with E-state index in [0.29, 0.717) is 5.92 Å². The summed E-state index contributed by atoms with van der Waals surface area (Å²) < 4.78 is 0. The van der Waals surface area contributed by atoms with Gasteiger partial charge in [-0.2, -0.15) is 0 Å². The molecule has 1 aliphatic carbocycles. The van der Waals surface area contributed by atoms with E-state index in [1.54, 1.807) is 0 Å². The normalized spacial score (nSPS) is 13.8. The third kappa shape index (κ3) is 11.3. The van der Waals surface area contributed by atoms with Gasteiger partial charge in [-0.3, -0.25) is 4.79 Å². The molecule has 1 atom stereocenters. The molecule has 1 saturated carbocycles. The second-order valence-electron chi connectivity index (χ2n) is 9.05. The van der Waals surface area contributed by atoms with Crippen LogP contribution in [0.25, 0.3) is 0 Å². The average molecular weight is 469 g/mol. The molecule has 182 valence electrons. The predicted molar refractivity (Wildman–Crippen MR) is 145 cm³/mol. The highest BCUT2D eigenvalue weighted by Gasteiger charge is 2.29. The Kier molecular flexibility index (Phi) is 13.3. The van der Waals surface area contributed by atoms with Crippen molar-refractivity contribution in [2.75, 3.05) is 31.2 Å². The van der Waals surface area contributed by atoms with Gasteiger partial charge in [0.1, 0.15) is 0 Å². The number of amides is 1. The van der Waals surface area contributed by atoms with Gasteiger partial charge in [-0.15, -0.1) is 11.8 Å². The lowest BCUT2D eigenvalue weighted by molar-refractivity contribution is -0.117. The molecule has 3 nitrogen and oxygen atoms in total. The lowest BCUT2D eigenvalue weighted by Crippen LogP contribution is -2.20. The van der Waals surface area contributed by atoms with Crippen molar-refractivity contribution in [2.45, 2.75) is 76.5 Å². The molecule has 0 aromatic heterocycles. The van der Waals surface area contributed by atoms with Gasteiger partial charge in [-0.05, 0) is 93.7 Å². The molecular formula is C29H44N2OS. The molecule has 0 saturated heterocycles. The maximum Gasteiger partial charge on any atom is 0.227 e. The Balaban J connectivity index is 0.000000273. The van der Waals surface area contributed by atoms with Crippen molar-refractivity contribution in [3.05, 3.63) is 60.2 Å². The Hall–Kier alpha value is -1.78. The molecule has 4 heteroatoms. The van der Waals surface area contributed by atoms with Crippen molar-refractivity contribution in [3.63, 3.8) is 0 Å². The van der Waals surface area contributed by atoms with Crippen LogP contribution in [-0.4, -0.2) is 36.7 Å². The maximum atomic E-state index is 11.9. The first-order chi connectivity index (χ1) is 16.1. The number of carbonyl (C=O) groups is 1. The van der Waals surface area contributed by atoms with Gasteiger partial charge in [0, 0.05) is 16.5 Å². The Labute approximate surface area is 206 Å². The summed E-state index contributed by atoms with van der Waals surface area (Å²) in [7, 11) is 2.17. The molecule has 1 amide bonds. The van der Waals surface area contributed by atoms with Crippen molar-refractivity contribution in [1.29, 1.82) is 0 Å². The highest BCUT2D eigenvalue weighted by Crippen LogP contribution is 2.31. The van der Waals surface area contributed by atoms with E-state index in [2.05, 4.69) is 86.6 Å². The van der Waals surface area contributed by atoms with Crippen molar-refractivity contribution in [1.82, 2.24) is 4.90 Å². The molecule has 33 heavy (non-hydrogen) atoms. The minimum Gasteiger partial charge on any atom is -0.326 e. The molecule has 2 aromatic rings. The lowest BCUT2D eigenvalue weighted by Gasteiger charge is -2.20. The summed E-state index contributed by atoms with van der Waals surface area (Å²) >= 11 is 1.96. The smallest absolute Gasteiger partial charge is 0.227 e. The van der Waals surface area contributed by atoms with Gasteiger partial charge >= 0.3 is 0 Å². The Morgan fingerprint density at radius 1 is 1.06 bits per heavy atom. The number of nitrogens with one attached hydrogen (secondary N) is 1. The van der Waals surface area contributed by atoms with Crippen LogP contribution >= 0.6 is 11.8 Å². The summed E-state index contributed by atoms with van der Waals surface area (Å²) in [5.41, 5.74) is 2.29. The average Bonchev–Trinajstić information content (AvgIpc) is 3.69. The number of hydrogen-bond donors (Lipinski definition) is 1. The van der Waals surface area contributed by atoms with Crippen LogP contribution in [0.1, 0.15) is 77.2 Å². The van der Waals surface area contributed by atoms with E-state index in [0.717, 1.165) is 38.0 Å². The number of anilines is 1. The van der Waals surface area contributed by atoms with Gasteiger partial charge in [0.05, 0.1) is 0 Å². The standard InChI is InChI=1S/C18H28N2O.C11H16S/c1-4-14(11-12-20(3)5-2)16-7-6-8-17(13-16)19-18(21)15-9-10-15;1-2-3-7-10-12-11-8-5-4-6-9-11/h6-8,13-15H,4-5,9-12H2,1-3H3,(H,19,21);4-6,8-9H,2-3,7,10H2,1H3. The van der Waals surface area contributed by atoms with Gasteiger partial charge in [0.15, 0.2) is 0 Å². The summed E-state index contributed by atoms with van der Waals surface area (Å²) in [6, 6.07) is 19.0. The molecule has 1 unspecified atom stereocenters. The van der Waals surface area contributed by atoms with Crippen LogP contribution in [0.2, 0.25) is 0 Å². The highest BCUT2D eigenvalue weighted by atomic mass is 32.2. The van der Waals surface area contributed by atoms with Crippen molar-refractivity contribution >= 4 is 23.4 Å². The third-order valence-electron chi connectivity index (χ3n) is 6.23. The molecule has 0 heterocycles. The fourth-order valence-corrected chi connectivity index (χ4v) is 4.59. The van der Waals surface area contributed by atoms with Crippen LogP contribution < -0.4 is 5.32 Å². The molecule has 0 radical (unpaired) electrons. The van der Waals surface area contributed by atoms with Crippen molar-refractivity contribution < 1.29 is 4.79 Å². The molecule has 0 spiro atoms. The lowest BCUT2D eigenvalue weighted by atomic mass is 9.92. The second-order valence-corrected chi connectivity index (χ2v) is 10.2. The summed E-state index contributed by atoms with van der Waals surface area (Å²) in [6.07, 6.45) is 8.42. The Morgan fingerprint density at radius 2 is 1.82 bits per heavy atom. The second kappa shape index (κ2) is 16.0. The first-order valence-corrected chi connectivity index (χ1v) is 13.8. The number of hydrogen-bond acceptors (Lipinski definition) is 3. The van der Waals surface area contributed by atoms with Gasteiger partial charge in [-0.1, -0.05) is 63.9 Å². The van der Waals surface area contributed by atoms with E-state index in [9.17, 15) is 4.79 Å². The number of rotatable bonds is 13. The summed E-state index contributed by atoms with van der Waals surface area (Å²) in [6.45, 7) is 8.88. The summed E-state index contributed by atoms with van der Waals surface area (Å²) in [5, 5.41) is 3.05. The fraction of sp³-hybridized carbons (Fsp3) is 0.552. The minimum absolute atomic E-state index is 0.186. The zero-order valence-electron chi connectivity index (χ0n) is 21.2. The maximum absolute atomic E-state index is 11.9. The highest BCUT2D eigenvalue weighted by molar-refractivity contribution is 7.99. The van der Waals surface area contributed by atoms with Crippen LogP contribution in [0.3, 0.4) is 0 Å². The molecular weight excluding hydrogens is 424 g/mol. The number of benzene rings is 2. The molecule has 0 aliphatic heterocycles. The number of thioether (sulfide) groups is 1. The van der Waals surface area contributed by atoms with Gasteiger partial charge < -0.3 is 10.2 Å². The van der Waals surface area contributed by atoms with E-state index in [4.69, 9.17) is 0 Å². The number of nitrogens with zero attached hydrogens (tertiary/aromatic N) is 1. The van der Waals surface area contributed by atoms with E-state index >= 15 is 0 Å². The fourth-order valence-electron chi connectivity index (χ4n) is 3.66. The first-order valence-electron chi connectivity index (χ1n) is 12.8. The molecule has 1 fully saturated rings. The number of unbranched alkanes of at least 4 members (excludes halogenated alkanes) is 2. The van der Waals surface area contributed by atoms with E-state index in [1.807, 2.05) is 17.8 Å². The molecule has 1 N–H and O–H groups in total. The quantitative estimate of drug-likeness (QED) is 0.240.